The van der Waals surface area contributed by atoms with E-state index in [0.29, 0.717) is 18.7 Å². The molecule has 1 fully saturated rings. The Balaban J connectivity index is 2.24. The quantitative estimate of drug-likeness (QED) is 0.864. The number of rotatable bonds is 3. The van der Waals surface area contributed by atoms with E-state index in [4.69, 9.17) is 9.84 Å². The number of hydrogen-bond donors (Lipinski definition) is 1. The molecule has 1 heterocycles. The van der Waals surface area contributed by atoms with Gasteiger partial charge in [0.15, 0.2) is 0 Å². The first kappa shape index (κ1) is 14.5. The average molecular weight is 279 g/mol. The van der Waals surface area contributed by atoms with Crippen LogP contribution in [0, 0.1) is 5.82 Å². The summed E-state index contributed by atoms with van der Waals surface area (Å²) in [6, 6.07) is 4.58. The number of carboxylic acids is 1. The molecular formula is C15H18FNO3. The number of ether oxygens (including phenoxy) is 1. The van der Waals surface area contributed by atoms with Crippen molar-refractivity contribution in [2.24, 2.45) is 0 Å². The van der Waals surface area contributed by atoms with Crippen LogP contribution in [0.15, 0.2) is 24.3 Å². The normalized spacial score (nSPS) is 20.1. The molecule has 2 rings (SSSR count). The third-order valence-corrected chi connectivity index (χ3v) is 3.14. The van der Waals surface area contributed by atoms with Gasteiger partial charge in [-0.25, -0.2) is 9.18 Å². The van der Waals surface area contributed by atoms with Crippen LogP contribution in [0.3, 0.4) is 0 Å². The second-order valence-electron chi connectivity index (χ2n) is 4.90. The van der Waals surface area contributed by atoms with E-state index in [-0.39, 0.29) is 11.9 Å². The summed E-state index contributed by atoms with van der Waals surface area (Å²) in [7, 11) is 0. The predicted molar refractivity (Wildman–Crippen MR) is 75.3 cm³/mol. The summed E-state index contributed by atoms with van der Waals surface area (Å²) in [5.74, 6) is -1.42. The van der Waals surface area contributed by atoms with Gasteiger partial charge in [0.2, 0.25) is 0 Å². The second kappa shape index (κ2) is 6.52. The first-order valence-corrected chi connectivity index (χ1v) is 6.63. The van der Waals surface area contributed by atoms with Crippen molar-refractivity contribution >= 4 is 17.7 Å². The van der Waals surface area contributed by atoms with Gasteiger partial charge >= 0.3 is 5.97 Å². The van der Waals surface area contributed by atoms with E-state index in [2.05, 4.69) is 4.90 Å². The van der Waals surface area contributed by atoms with Gasteiger partial charge in [-0.1, -0.05) is 0 Å². The van der Waals surface area contributed by atoms with Gasteiger partial charge in [0.1, 0.15) is 5.82 Å². The third kappa shape index (κ3) is 4.06. The lowest BCUT2D eigenvalue weighted by atomic mass is 10.1. The molecule has 0 aromatic heterocycles. The lowest BCUT2D eigenvalue weighted by Gasteiger charge is -2.24. The Labute approximate surface area is 117 Å². The van der Waals surface area contributed by atoms with Crippen LogP contribution in [-0.4, -0.2) is 36.9 Å². The molecule has 108 valence electrons. The number of aliphatic carboxylic acids is 1. The maximum atomic E-state index is 13.7. The molecule has 4 nitrogen and oxygen atoms in total. The fraction of sp³-hybridized carbons (Fsp3) is 0.400. The molecule has 0 aliphatic carbocycles. The highest BCUT2D eigenvalue weighted by molar-refractivity contribution is 5.85. The smallest absolute Gasteiger partial charge is 0.328 e. The molecule has 0 saturated carbocycles. The maximum absolute atomic E-state index is 13.7. The minimum Gasteiger partial charge on any atom is -0.478 e. The molecule has 1 aromatic rings. The molecule has 0 bridgehead atoms. The van der Waals surface area contributed by atoms with Gasteiger partial charge in [-0.3, -0.25) is 0 Å². The van der Waals surface area contributed by atoms with Gasteiger partial charge in [0.05, 0.1) is 6.10 Å². The molecule has 1 N–H and O–H groups in total. The molecule has 1 aromatic carbocycles. The van der Waals surface area contributed by atoms with Gasteiger partial charge in [0.25, 0.3) is 0 Å². The molecule has 20 heavy (non-hydrogen) atoms. The largest absolute Gasteiger partial charge is 0.478 e. The second-order valence-corrected chi connectivity index (χ2v) is 4.90. The number of anilines is 1. The fourth-order valence-corrected chi connectivity index (χ4v) is 2.27. The molecule has 0 radical (unpaired) electrons. The van der Waals surface area contributed by atoms with Crippen molar-refractivity contribution in [3.63, 3.8) is 0 Å². The molecule has 0 amide bonds. The minimum absolute atomic E-state index is 0.0961. The maximum Gasteiger partial charge on any atom is 0.328 e. The Morgan fingerprint density at radius 3 is 3.05 bits per heavy atom. The molecule has 1 atom stereocenters. The van der Waals surface area contributed by atoms with Gasteiger partial charge in [-0.05, 0) is 43.2 Å². The summed E-state index contributed by atoms with van der Waals surface area (Å²) in [5.41, 5.74) is 1.30. The van der Waals surface area contributed by atoms with Crippen LogP contribution in [0.2, 0.25) is 0 Å². The molecule has 5 heteroatoms. The zero-order chi connectivity index (χ0) is 14.5. The van der Waals surface area contributed by atoms with Crippen LogP contribution < -0.4 is 4.90 Å². The standard InChI is InChI=1S/C15H18FNO3/c1-11-10-17(5-2-6-20-11)14-8-12(3-4-15(18)19)7-13(16)9-14/h3-4,7-9,11H,2,5-6,10H2,1H3,(H,18,19)/b4-3+. The fourth-order valence-electron chi connectivity index (χ4n) is 2.27. The molecule has 0 spiro atoms. The van der Waals surface area contributed by atoms with Crippen molar-refractivity contribution in [2.75, 3.05) is 24.6 Å². The molecule has 1 saturated heterocycles. The van der Waals surface area contributed by atoms with Crippen LogP contribution in [-0.2, 0) is 9.53 Å². The van der Waals surface area contributed by atoms with Gasteiger partial charge in [-0.15, -0.1) is 0 Å². The summed E-state index contributed by atoms with van der Waals surface area (Å²) in [5, 5.41) is 8.63. The number of nitrogens with zero attached hydrogens (tertiary/aromatic N) is 1. The third-order valence-electron chi connectivity index (χ3n) is 3.14. The Hall–Kier alpha value is -1.88. The highest BCUT2D eigenvalue weighted by Crippen LogP contribution is 2.22. The molecule has 1 aliphatic heterocycles. The summed E-state index contributed by atoms with van der Waals surface area (Å²) in [6.07, 6.45) is 3.39. The Kier molecular flexibility index (Phi) is 4.74. The minimum atomic E-state index is -1.05. The topological polar surface area (TPSA) is 49.8 Å². The number of benzene rings is 1. The van der Waals surface area contributed by atoms with E-state index < -0.39 is 5.97 Å². The monoisotopic (exact) mass is 279 g/mol. The van der Waals surface area contributed by atoms with Gasteiger partial charge in [0, 0.05) is 31.5 Å². The lowest BCUT2D eigenvalue weighted by molar-refractivity contribution is -0.131. The van der Waals surface area contributed by atoms with E-state index >= 15 is 0 Å². The Bertz CT molecular complexity index is 516. The molecule has 1 unspecified atom stereocenters. The van der Waals surface area contributed by atoms with Crippen LogP contribution in [0.1, 0.15) is 18.9 Å². The highest BCUT2D eigenvalue weighted by Gasteiger charge is 2.16. The van der Waals surface area contributed by atoms with E-state index in [1.165, 1.54) is 18.2 Å². The van der Waals surface area contributed by atoms with Crippen molar-refractivity contribution in [1.82, 2.24) is 0 Å². The summed E-state index contributed by atoms with van der Waals surface area (Å²) in [4.78, 5) is 12.6. The SMILES string of the molecule is CC1CN(c2cc(F)cc(/C=C/C(=O)O)c2)CCCO1. The first-order valence-electron chi connectivity index (χ1n) is 6.63. The Morgan fingerprint density at radius 2 is 2.30 bits per heavy atom. The summed E-state index contributed by atoms with van der Waals surface area (Å²) < 4.78 is 19.2. The van der Waals surface area contributed by atoms with Crippen molar-refractivity contribution in [1.29, 1.82) is 0 Å². The Morgan fingerprint density at radius 1 is 1.50 bits per heavy atom. The molecular weight excluding hydrogens is 261 g/mol. The van der Waals surface area contributed by atoms with E-state index in [9.17, 15) is 9.18 Å². The van der Waals surface area contributed by atoms with E-state index in [1.54, 1.807) is 6.07 Å². The number of carbonyl (C=O) groups is 1. The lowest BCUT2D eigenvalue weighted by Crippen LogP contribution is -2.30. The van der Waals surface area contributed by atoms with Crippen molar-refractivity contribution in [3.05, 3.63) is 35.7 Å². The summed E-state index contributed by atoms with van der Waals surface area (Å²) >= 11 is 0. The predicted octanol–water partition coefficient (Wildman–Crippen LogP) is 2.54. The zero-order valence-electron chi connectivity index (χ0n) is 11.4. The molecule has 1 aliphatic rings. The summed E-state index contributed by atoms with van der Waals surface area (Å²) in [6.45, 7) is 4.20. The van der Waals surface area contributed by atoms with E-state index in [1.807, 2.05) is 6.92 Å². The zero-order valence-corrected chi connectivity index (χ0v) is 11.4. The number of hydrogen-bond acceptors (Lipinski definition) is 3. The van der Waals surface area contributed by atoms with Crippen molar-refractivity contribution in [2.45, 2.75) is 19.4 Å². The first-order chi connectivity index (χ1) is 9.54. The van der Waals surface area contributed by atoms with Crippen molar-refractivity contribution < 1.29 is 19.0 Å². The van der Waals surface area contributed by atoms with Gasteiger partial charge in [-0.2, -0.15) is 0 Å². The average Bonchev–Trinajstić information content (AvgIpc) is 2.60. The van der Waals surface area contributed by atoms with Crippen LogP contribution in [0.25, 0.3) is 6.08 Å². The van der Waals surface area contributed by atoms with Crippen LogP contribution in [0.4, 0.5) is 10.1 Å². The van der Waals surface area contributed by atoms with Crippen LogP contribution >= 0.6 is 0 Å². The highest BCUT2D eigenvalue weighted by atomic mass is 19.1. The van der Waals surface area contributed by atoms with Gasteiger partial charge < -0.3 is 14.7 Å². The number of halogens is 1. The van der Waals surface area contributed by atoms with E-state index in [0.717, 1.165) is 24.7 Å². The van der Waals surface area contributed by atoms with Crippen molar-refractivity contribution in [3.8, 4) is 0 Å². The van der Waals surface area contributed by atoms with Crippen LogP contribution in [0.5, 0.6) is 0 Å². The number of carboxylic acid groups (broad SMARTS) is 1.